The maximum Gasteiger partial charge on any atom is 0.471 e. The number of rotatable bonds is 7. The van der Waals surface area contributed by atoms with E-state index >= 15 is 0 Å². The van der Waals surface area contributed by atoms with Gasteiger partial charge in [-0.1, -0.05) is 12.0 Å². The van der Waals surface area contributed by atoms with E-state index in [-0.39, 0.29) is 37.6 Å². The number of aliphatic hydroxyl groups excluding tert-OH is 1. The number of hydrogen-bond acceptors (Lipinski definition) is 8. The van der Waals surface area contributed by atoms with Crippen molar-refractivity contribution in [3.05, 3.63) is 51.8 Å². The fourth-order valence-electron chi connectivity index (χ4n) is 3.05. The number of hydrogen-bond donors (Lipinski definition) is 3. The van der Waals surface area contributed by atoms with Gasteiger partial charge in [0.15, 0.2) is 0 Å². The van der Waals surface area contributed by atoms with Gasteiger partial charge < -0.3 is 25.6 Å². The first-order valence-corrected chi connectivity index (χ1v) is 10.3. The summed E-state index contributed by atoms with van der Waals surface area (Å²) in [4.78, 5) is 30.7. The predicted molar refractivity (Wildman–Crippen MR) is 112 cm³/mol. The second-order valence-corrected chi connectivity index (χ2v) is 7.40. The molecule has 188 valence electrons. The van der Waals surface area contributed by atoms with Crippen molar-refractivity contribution in [2.24, 2.45) is 0 Å². The molecule has 35 heavy (non-hydrogen) atoms. The molecule has 10 nitrogen and oxygen atoms in total. The maximum absolute atomic E-state index is 13.9. The van der Waals surface area contributed by atoms with Crippen molar-refractivity contribution in [3.63, 3.8) is 0 Å². The second-order valence-electron chi connectivity index (χ2n) is 7.40. The number of carbonyl (C=O) groups is 1. The monoisotopic (exact) mass is 499 g/mol. The number of nitrogens with one attached hydrogen (secondary N) is 1. The molecule has 1 aliphatic rings. The topological polar surface area (TPSA) is 142 Å². The first-order valence-electron chi connectivity index (χ1n) is 10.3. The van der Waals surface area contributed by atoms with Crippen LogP contribution in [-0.2, 0) is 20.9 Å². The van der Waals surface area contributed by atoms with E-state index in [0.717, 1.165) is 4.57 Å². The van der Waals surface area contributed by atoms with E-state index in [1.165, 1.54) is 12.4 Å². The van der Waals surface area contributed by atoms with Gasteiger partial charge in [0.2, 0.25) is 0 Å². The molecule has 1 saturated heterocycles. The minimum atomic E-state index is -4.94. The summed E-state index contributed by atoms with van der Waals surface area (Å²) >= 11 is 0. The Morgan fingerprint density at radius 3 is 2.77 bits per heavy atom. The second kappa shape index (κ2) is 11.3. The Bertz CT molecular complexity index is 1160. The number of nitrogen functional groups attached to an aromatic ring is 1. The van der Waals surface area contributed by atoms with Crippen LogP contribution in [0.5, 0.6) is 0 Å². The molecule has 3 unspecified atom stereocenters. The molecule has 0 aliphatic carbocycles. The molecule has 0 bridgehead atoms. The molecule has 14 heteroatoms. The van der Waals surface area contributed by atoms with Gasteiger partial charge in [-0.3, -0.25) is 9.36 Å². The number of halogens is 4. The molecule has 0 radical (unpaired) electrons. The summed E-state index contributed by atoms with van der Waals surface area (Å²) in [5, 5.41) is 10.8. The zero-order chi connectivity index (χ0) is 25.6. The number of amides is 1. The zero-order valence-electron chi connectivity index (χ0n) is 18.1. The summed E-state index contributed by atoms with van der Waals surface area (Å²) in [6, 6.07) is 3.20. The Labute approximate surface area is 196 Å². The Kier molecular flexibility index (Phi) is 8.39. The van der Waals surface area contributed by atoms with Crippen molar-refractivity contribution in [2.75, 3.05) is 25.5 Å². The molecule has 3 heterocycles. The van der Waals surface area contributed by atoms with E-state index in [2.05, 4.69) is 21.8 Å². The van der Waals surface area contributed by atoms with Crippen LogP contribution in [0.1, 0.15) is 29.5 Å². The summed E-state index contributed by atoms with van der Waals surface area (Å²) in [6.45, 7) is -0.900. The highest BCUT2D eigenvalue weighted by Crippen LogP contribution is 2.29. The fraction of sp³-hybridized carbons (Fsp3) is 0.429. The van der Waals surface area contributed by atoms with Crippen molar-refractivity contribution >= 4 is 11.7 Å². The van der Waals surface area contributed by atoms with Gasteiger partial charge in [0.05, 0.1) is 25.4 Å². The molecule has 0 saturated carbocycles. The smallest absolute Gasteiger partial charge is 0.394 e. The van der Waals surface area contributed by atoms with Crippen molar-refractivity contribution in [1.82, 2.24) is 19.9 Å². The van der Waals surface area contributed by atoms with Gasteiger partial charge in [-0.25, -0.2) is 14.2 Å². The van der Waals surface area contributed by atoms with Crippen LogP contribution in [0.25, 0.3) is 0 Å². The lowest BCUT2D eigenvalue weighted by Crippen LogP contribution is -2.38. The van der Waals surface area contributed by atoms with Crippen molar-refractivity contribution in [3.8, 4) is 11.8 Å². The molecule has 0 aromatic carbocycles. The summed E-state index contributed by atoms with van der Waals surface area (Å²) in [5.41, 5.74) is 6.17. The van der Waals surface area contributed by atoms with Gasteiger partial charge >= 0.3 is 17.8 Å². The fourth-order valence-corrected chi connectivity index (χ4v) is 3.05. The van der Waals surface area contributed by atoms with E-state index in [1.807, 2.05) is 0 Å². The molecule has 1 fully saturated rings. The number of carbonyl (C=O) groups excluding carboxylic acids is 1. The quantitative estimate of drug-likeness (QED) is 0.283. The largest absolute Gasteiger partial charge is 0.471 e. The van der Waals surface area contributed by atoms with Gasteiger partial charge in [-0.05, 0) is 17.6 Å². The van der Waals surface area contributed by atoms with E-state index in [4.69, 9.17) is 20.3 Å². The van der Waals surface area contributed by atoms with Crippen LogP contribution < -0.4 is 16.7 Å². The molecule has 2 aromatic heterocycles. The molecular formula is C21H21F4N5O5. The number of alkyl halides is 4. The van der Waals surface area contributed by atoms with Crippen LogP contribution in [0.4, 0.5) is 23.4 Å². The van der Waals surface area contributed by atoms with E-state index in [9.17, 15) is 27.2 Å². The highest BCUT2D eigenvalue weighted by atomic mass is 19.4. The number of nitrogens with two attached hydrogens (primary N) is 1. The molecule has 3 rings (SSSR count). The van der Waals surface area contributed by atoms with Crippen LogP contribution >= 0.6 is 0 Å². The average molecular weight is 499 g/mol. The van der Waals surface area contributed by atoms with Gasteiger partial charge in [0.1, 0.15) is 30.0 Å². The molecule has 1 amide bonds. The van der Waals surface area contributed by atoms with E-state index in [1.54, 1.807) is 17.4 Å². The lowest BCUT2D eigenvalue weighted by atomic mass is 10.2. The molecular weight excluding hydrogens is 478 g/mol. The standard InChI is InChI=1S/C21H21F4N5O5/c22-15-7-17(35-16(15)10-31)30-9-13(18(26)29-20(30)33)2-4-14-3-1-12(8-28-14)11-34-6-5-27-19(32)21(23,24)25/h1,3,8-9,15-17,31H,5-7,10-11H2,(H,27,32)(H2,26,29,33). The van der Waals surface area contributed by atoms with E-state index in [0.29, 0.717) is 11.3 Å². The first kappa shape index (κ1) is 26.1. The number of aromatic nitrogens is 3. The third-order valence-electron chi connectivity index (χ3n) is 4.84. The third-order valence-corrected chi connectivity index (χ3v) is 4.84. The normalized spacial score (nSPS) is 19.7. The first-order chi connectivity index (χ1) is 16.6. The number of aliphatic hydroxyl groups is 1. The number of anilines is 1. The Morgan fingerprint density at radius 1 is 1.37 bits per heavy atom. The molecule has 2 aromatic rings. The maximum atomic E-state index is 13.9. The van der Waals surface area contributed by atoms with Crippen LogP contribution in [-0.4, -0.2) is 63.8 Å². The highest BCUT2D eigenvalue weighted by Gasteiger charge is 2.38. The zero-order valence-corrected chi connectivity index (χ0v) is 18.1. The third kappa shape index (κ3) is 6.98. The predicted octanol–water partition coefficient (Wildman–Crippen LogP) is 0.433. The van der Waals surface area contributed by atoms with Crippen molar-refractivity contribution < 1.29 is 36.9 Å². The van der Waals surface area contributed by atoms with E-state index < -0.39 is 42.9 Å². The number of ether oxygens (including phenoxy) is 2. The van der Waals surface area contributed by atoms with Gasteiger partial charge in [0.25, 0.3) is 0 Å². The SMILES string of the molecule is Nc1nc(=O)n(C2CC(F)C(CO)O2)cc1C#Cc1ccc(COCCNC(=O)C(F)(F)F)cn1. The van der Waals surface area contributed by atoms with Gasteiger partial charge in [-0.2, -0.15) is 18.2 Å². The van der Waals surface area contributed by atoms with Crippen molar-refractivity contribution in [2.45, 2.75) is 37.7 Å². The Morgan fingerprint density at radius 2 is 2.14 bits per heavy atom. The minimum absolute atomic E-state index is 0.0518. The average Bonchev–Trinajstić information content (AvgIpc) is 3.18. The molecule has 0 spiro atoms. The van der Waals surface area contributed by atoms with Crippen LogP contribution in [0.3, 0.4) is 0 Å². The molecule has 4 N–H and O–H groups in total. The summed E-state index contributed by atoms with van der Waals surface area (Å²) in [6.07, 6.45) is -5.76. The van der Waals surface area contributed by atoms with Crippen molar-refractivity contribution in [1.29, 1.82) is 0 Å². The molecule has 1 aliphatic heterocycles. The lowest BCUT2D eigenvalue weighted by molar-refractivity contribution is -0.173. The summed E-state index contributed by atoms with van der Waals surface area (Å²) in [7, 11) is 0. The number of nitrogens with zero attached hydrogens (tertiary/aromatic N) is 3. The molecule has 3 atom stereocenters. The Balaban J connectivity index is 1.58. The van der Waals surface area contributed by atoms with Gasteiger partial charge in [-0.15, -0.1) is 0 Å². The minimum Gasteiger partial charge on any atom is -0.394 e. The summed E-state index contributed by atoms with van der Waals surface area (Å²) < 4.78 is 61.7. The van der Waals surface area contributed by atoms with Crippen LogP contribution in [0.15, 0.2) is 29.3 Å². The number of pyridine rings is 1. The van der Waals surface area contributed by atoms with Crippen LogP contribution in [0, 0.1) is 11.8 Å². The Hall–Kier alpha value is -3.54. The van der Waals surface area contributed by atoms with Gasteiger partial charge in [0, 0.05) is 25.4 Å². The lowest BCUT2D eigenvalue weighted by Gasteiger charge is -2.14. The highest BCUT2D eigenvalue weighted by molar-refractivity contribution is 5.81. The van der Waals surface area contributed by atoms with Crippen LogP contribution in [0.2, 0.25) is 0 Å². The summed E-state index contributed by atoms with van der Waals surface area (Å²) in [5.74, 6) is 3.33.